The summed E-state index contributed by atoms with van der Waals surface area (Å²) in [5.41, 5.74) is 1.79. The van der Waals surface area contributed by atoms with Crippen LogP contribution in [0.4, 0.5) is 0 Å². The predicted molar refractivity (Wildman–Crippen MR) is 84.0 cm³/mol. The van der Waals surface area contributed by atoms with E-state index in [0.717, 1.165) is 5.92 Å². The Morgan fingerprint density at radius 2 is 1.75 bits per heavy atom. The van der Waals surface area contributed by atoms with Gasteiger partial charge in [0.1, 0.15) is 0 Å². The summed E-state index contributed by atoms with van der Waals surface area (Å²) in [7, 11) is -1.36. The van der Waals surface area contributed by atoms with Gasteiger partial charge in [-0.25, -0.2) is 18.1 Å². The molecule has 1 nitrogen and oxygen atoms in total. The van der Waals surface area contributed by atoms with Gasteiger partial charge in [0.2, 0.25) is 0 Å². The summed E-state index contributed by atoms with van der Waals surface area (Å²) in [5, 5.41) is 7.08. The zero-order valence-corrected chi connectivity index (χ0v) is 19.2. The third-order valence-electron chi connectivity index (χ3n) is 2.21. The molecule has 6 heteroatoms. The fourth-order valence-corrected chi connectivity index (χ4v) is 1.66. The summed E-state index contributed by atoms with van der Waals surface area (Å²) >= 11 is 1.74. The van der Waals surface area contributed by atoms with E-state index in [0.29, 0.717) is 0 Å². The van der Waals surface area contributed by atoms with Gasteiger partial charge in [0.05, 0.1) is 0 Å². The largest absolute Gasteiger partial charge is 1.00 e. The maximum atomic E-state index is 7.08. The number of hydrogen-bond donors (Lipinski definition) is 0. The maximum Gasteiger partial charge on any atom is -1.00 e. The number of halogens is 2. The molecule has 1 atom stereocenters. The molecule has 1 saturated carbocycles. The van der Waals surface area contributed by atoms with Crippen LogP contribution in [0.5, 0.6) is 0 Å². The smallest absolute Gasteiger partial charge is 1.00 e. The van der Waals surface area contributed by atoms with Crippen molar-refractivity contribution >= 4 is 13.7 Å². The normalized spacial score (nSPS) is 18.4. The molecule has 116 valence electrons. The van der Waals surface area contributed by atoms with E-state index in [1.165, 1.54) is 19.3 Å². The molecule has 2 aliphatic rings. The van der Waals surface area contributed by atoms with Gasteiger partial charge in [-0.05, 0) is 12.3 Å². The van der Waals surface area contributed by atoms with Crippen molar-refractivity contribution in [1.29, 1.82) is 0 Å². The second kappa shape index (κ2) is 13.8. The van der Waals surface area contributed by atoms with Gasteiger partial charge in [-0.1, -0.05) is 34.3 Å². The molecule has 0 aromatic heterocycles. The van der Waals surface area contributed by atoms with Crippen molar-refractivity contribution in [2.75, 3.05) is 0 Å². The Kier molecular flexibility index (Phi) is 18.1. The summed E-state index contributed by atoms with van der Waals surface area (Å²) in [6, 6.07) is 0. The van der Waals surface area contributed by atoms with Crippen molar-refractivity contribution in [3.05, 3.63) is 35.6 Å². The van der Waals surface area contributed by atoms with Gasteiger partial charge >= 0.3 is 41.9 Å². The summed E-state index contributed by atoms with van der Waals surface area (Å²) in [6.45, 7) is 10.6. The molecule has 20 heavy (non-hydrogen) atoms. The number of fused-ring (bicyclic) bond motifs is 1. The Hall–Kier alpha value is 1.21. The van der Waals surface area contributed by atoms with Crippen LogP contribution in [0.1, 0.15) is 19.3 Å². The van der Waals surface area contributed by atoms with Crippen molar-refractivity contribution in [2.45, 2.75) is 52.0 Å². The molecule has 0 heterocycles. The molecular weight excluding hydrogens is 400 g/mol. The minimum atomic E-state index is -1.36. The molecule has 0 aliphatic heterocycles. The zero-order valence-electron chi connectivity index (χ0n) is 13.3. The first-order valence-corrected chi connectivity index (χ1v) is 16.4. The number of rotatable bonds is 0. The number of nitrogens with one attached hydrogen (secondary N) is 1. The van der Waals surface area contributed by atoms with Crippen LogP contribution < -0.4 is 24.8 Å². The maximum absolute atomic E-state index is 7.08. The minimum Gasteiger partial charge on any atom is -1.00 e. The second-order valence-electron chi connectivity index (χ2n) is 6.06. The van der Waals surface area contributed by atoms with E-state index in [-0.39, 0.29) is 30.2 Å². The topological polar surface area (TPSA) is 23.8 Å². The van der Waals surface area contributed by atoms with Crippen molar-refractivity contribution in [3.8, 4) is 0 Å². The molecule has 0 bridgehead atoms. The fourth-order valence-electron chi connectivity index (χ4n) is 1.66. The van der Waals surface area contributed by atoms with Crippen LogP contribution in [0.15, 0.2) is 23.8 Å². The van der Waals surface area contributed by atoms with Crippen molar-refractivity contribution in [2.24, 2.45) is 5.92 Å². The van der Waals surface area contributed by atoms with Crippen molar-refractivity contribution in [3.63, 3.8) is 0 Å². The molecule has 0 aromatic rings. The van der Waals surface area contributed by atoms with E-state index < -0.39 is 8.24 Å². The average Bonchev–Trinajstić information content (AvgIpc) is 2.61. The van der Waals surface area contributed by atoms with E-state index in [1.54, 1.807) is 28.9 Å². The van der Waals surface area contributed by atoms with Gasteiger partial charge < -0.3 is 30.2 Å². The van der Waals surface area contributed by atoms with Crippen LogP contribution in [-0.4, -0.2) is 13.7 Å². The van der Waals surface area contributed by atoms with Gasteiger partial charge in [-0.15, -0.1) is 18.6 Å². The summed E-state index contributed by atoms with van der Waals surface area (Å²) < 4.78 is 0. The Labute approximate surface area is 154 Å². The van der Waals surface area contributed by atoms with E-state index in [1.807, 2.05) is 19.6 Å². The van der Waals surface area contributed by atoms with Gasteiger partial charge in [-0.2, -0.15) is 0 Å². The van der Waals surface area contributed by atoms with Gasteiger partial charge in [0.25, 0.3) is 0 Å². The summed E-state index contributed by atoms with van der Waals surface area (Å²) in [5.74, 6) is 0.884. The monoisotopic (exact) mass is 425 g/mol. The van der Waals surface area contributed by atoms with Crippen LogP contribution >= 0.6 is 0 Å². The Bertz CT molecular complexity index is 316. The van der Waals surface area contributed by atoms with Crippen LogP contribution in [-0.2, 0) is 23.3 Å². The molecule has 0 radical (unpaired) electrons. The van der Waals surface area contributed by atoms with E-state index >= 15 is 0 Å². The molecule has 1 unspecified atom stereocenters. The van der Waals surface area contributed by atoms with Gasteiger partial charge in [-0.3, -0.25) is 0 Å². The molecule has 0 amide bonds. The van der Waals surface area contributed by atoms with Crippen LogP contribution in [0.25, 0.3) is 5.40 Å². The van der Waals surface area contributed by atoms with E-state index in [9.17, 15) is 0 Å². The minimum absolute atomic E-state index is 0. The molecule has 1 N–H and O–H groups in total. The first kappa shape index (κ1) is 26.1. The average molecular weight is 428 g/mol. The molecule has 2 aliphatic carbocycles. The predicted octanol–water partition coefficient (Wildman–Crippen LogP) is -0.847. The first-order valence-electron chi connectivity index (χ1n) is 6.67. The van der Waals surface area contributed by atoms with E-state index in [4.69, 9.17) is 5.40 Å². The van der Waals surface area contributed by atoms with Gasteiger partial charge in [0.15, 0.2) is 0 Å². The number of allylic oxidation sites excluding steroid dienone is 4. The van der Waals surface area contributed by atoms with E-state index in [2.05, 4.69) is 37.7 Å². The standard InChI is InChI=1S/C9H11.C3H10NSi.C2H6Si.2ClH.Zr/c1-2-5-9-7-3-6-8(9)4-1;1-5(2,3)4;1-3-2;;;/h1-2,4,6,9H,3,5,7H2;4H,1-3H3;1-2H3;2*1H;/q2*-1;;;;+2/p-2. The SMILES string of the molecule is C1=CCC2CC[CH-]C2=C1.C[Si](C)(C)[NH-].C[Si](C)=[Zr+2].[Cl-].[Cl-]. The molecule has 2 rings (SSSR count). The molecular formula is C14H27Cl2NSi2Zr-2. The quantitative estimate of drug-likeness (QED) is 0.355. The zero-order chi connectivity index (χ0) is 14.2. The van der Waals surface area contributed by atoms with Crippen LogP contribution in [0.3, 0.4) is 0 Å². The molecule has 0 spiro atoms. The first-order chi connectivity index (χ1) is 8.20. The third kappa shape index (κ3) is 19.2. The Balaban J connectivity index is -0.000000232. The summed E-state index contributed by atoms with van der Waals surface area (Å²) in [4.78, 5) is 0. The Morgan fingerprint density at radius 1 is 1.30 bits per heavy atom. The van der Waals surface area contributed by atoms with Gasteiger partial charge in [0, 0.05) is 0 Å². The third-order valence-corrected chi connectivity index (χ3v) is 2.21. The van der Waals surface area contributed by atoms with Crippen molar-refractivity contribution < 1.29 is 48.1 Å². The fraction of sp³-hybridized carbons (Fsp3) is 0.643. The molecule has 0 saturated heterocycles. The molecule has 1 fully saturated rings. The van der Waals surface area contributed by atoms with Crippen LogP contribution in [0.2, 0.25) is 32.7 Å². The van der Waals surface area contributed by atoms with Crippen LogP contribution in [0, 0.1) is 12.3 Å². The number of hydrogen-bond acceptors (Lipinski definition) is 0. The molecule has 0 aromatic carbocycles. The van der Waals surface area contributed by atoms with Crippen molar-refractivity contribution in [1.82, 2.24) is 0 Å². The summed E-state index contributed by atoms with van der Waals surface area (Å²) in [6.07, 6.45) is 13.0. The Morgan fingerprint density at radius 3 is 2.15 bits per heavy atom. The second-order valence-corrected chi connectivity index (χ2v) is 19.9.